The van der Waals surface area contributed by atoms with E-state index in [1.165, 1.54) is 23.0 Å². The number of hydrogen-bond donors (Lipinski definition) is 2. The van der Waals surface area contributed by atoms with Gasteiger partial charge >= 0.3 is 6.18 Å². The number of halogens is 6. The van der Waals surface area contributed by atoms with Crippen LogP contribution >= 0.6 is 11.6 Å². The number of hydrogen-bond acceptors (Lipinski definition) is 7. The summed E-state index contributed by atoms with van der Waals surface area (Å²) in [4.78, 5) is 8.17. The van der Waals surface area contributed by atoms with E-state index < -0.39 is 36.1 Å². The molecule has 6 rings (SSSR count). The zero-order chi connectivity index (χ0) is 31.6. The van der Waals surface area contributed by atoms with Crippen molar-refractivity contribution in [1.82, 2.24) is 25.0 Å². The highest BCUT2D eigenvalue weighted by Gasteiger charge is 2.58. The van der Waals surface area contributed by atoms with Crippen molar-refractivity contribution in [2.24, 2.45) is 11.3 Å². The van der Waals surface area contributed by atoms with Crippen molar-refractivity contribution < 1.29 is 22.0 Å². The molecule has 2 aliphatic rings. The van der Waals surface area contributed by atoms with Crippen molar-refractivity contribution in [3.8, 4) is 6.07 Å². The summed E-state index contributed by atoms with van der Waals surface area (Å²) in [6.45, 7) is 3.16. The van der Waals surface area contributed by atoms with Gasteiger partial charge in [0.2, 0.25) is 11.9 Å². The molecule has 1 aromatic carbocycles. The number of rotatable bonds is 9. The standard InChI is InChI=1S/C30H28ClF5N8/c1-15-19(6-7-22(32)40-15)25(26-27(33)44(43-42-26)29(8-9-29)17-4-5-17)41-18-10-20-23(39-14-28(2,3)30(34,35)36)16(12-37)13-38-24(20)21(31)11-18/h6-7,10-11,13,17,25,41H,4-5,8-9,14H2,1-3H3,(H,38,39)/t25-/m0/s1. The fourth-order valence-electron chi connectivity index (χ4n) is 5.62. The number of aromatic nitrogens is 5. The smallest absolute Gasteiger partial charge is 0.382 e. The summed E-state index contributed by atoms with van der Waals surface area (Å²) in [6.07, 6.45) is 0.352. The molecule has 44 heavy (non-hydrogen) atoms. The predicted molar refractivity (Wildman–Crippen MR) is 154 cm³/mol. The van der Waals surface area contributed by atoms with Crippen LogP contribution in [0.1, 0.15) is 68.1 Å². The van der Waals surface area contributed by atoms with E-state index in [4.69, 9.17) is 11.6 Å². The molecule has 3 heterocycles. The number of nitrogens with zero attached hydrogens (tertiary/aromatic N) is 6. The quantitative estimate of drug-likeness (QED) is 0.146. The molecule has 2 aliphatic carbocycles. The molecule has 0 spiro atoms. The topological polar surface area (TPSA) is 104 Å². The second kappa shape index (κ2) is 10.5. The Morgan fingerprint density at radius 3 is 2.52 bits per heavy atom. The largest absolute Gasteiger partial charge is 0.395 e. The van der Waals surface area contributed by atoms with Gasteiger partial charge < -0.3 is 10.6 Å². The van der Waals surface area contributed by atoms with Crippen LogP contribution < -0.4 is 10.6 Å². The summed E-state index contributed by atoms with van der Waals surface area (Å²) >= 11 is 6.60. The molecule has 230 valence electrons. The number of pyridine rings is 2. The third kappa shape index (κ3) is 5.19. The second-order valence-electron chi connectivity index (χ2n) is 12.2. The third-order valence-corrected chi connectivity index (χ3v) is 8.96. The lowest BCUT2D eigenvalue weighted by atomic mass is 9.92. The predicted octanol–water partition coefficient (Wildman–Crippen LogP) is 7.43. The summed E-state index contributed by atoms with van der Waals surface area (Å²) in [7, 11) is 0. The fraction of sp³-hybridized carbons (Fsp3) is 0.433. The molecule has 4 aromatic rings. The molecule has 3 aromatic heterocycles. The first-order valence-electron chi connectivity index (χ1n) is 14.1. The maximum Gasteiger partial charge on any atom is 0.395 e. The number of benzene rings is 1. The van der Waals surface area contributed by atoms with Gasteiger partial charge in [0.25, 0.3) is 0 Å². The lowest BCUT2D eigenvalue weighted by Gasteiger charge is -2.28. The Kier molecular flexibility index (Phi) is 7.19. The summed E-state index contributed by atoms with van der Waals surface area (Å²) in [5.74, 6) is -0.976. The van der Waals surface area contributed by atoms with E-state index >= 15 is 4.39 Å². The van der Waals surface area contributed by atoms with Gasteiger partial charge in [0.1, 0.15) is 17.8 Å². The van der Waals surface area contributed by atoms with Crippen molar-refractivity contribution in [3.05, 3.63) is 69.9 Å². The van der Waals surface area contributed by atoms with Gasteiger partial charge in [-0.15, -0.1) is 5.10 Å². The number of aryl methyl sites for hydroxylation is 1. The molecule has 0 saturated heterocycles. The molecular weight excluding hydrogens is 603 g/mol. The zero-order valence-electron chi connectivity index (χ0n) is 24.0. The van der Waals surface area contributed by atoms with Crippen LogP contribution in [-0.4, -0.2) is 37.7 Å². The first kappa shape index (κ1) is 30.0. The van der Waals surface area contributed by atoms with Crippen molar-refractivity contribution in [2.45, 2.75) is 64.2 Å². The number of fused-ring (bicyclic) bond motifs is 1. The van der Waals surface area contributed by atoms with Crippen molar-refractivity contribution in [1.29, 1.82) is 5.26 Å². The van der Waals surface area contributed by atoms with Crippen LogP contribution in [0, 0.1) is 41.5 Å². The van der Waals surface area contributed by atoms with Gasteiger partial charge in [-0.05, 0) is 70.6 Å². The van der Waals surface area contributed by atoms with E-state index in [1.807, 2.05) is 6.07 Å². The summed E-state index contributed by atoms with van der Waals surface area (Å²) in [6, 6.07) is 6.70. The van der Waals surface area contributed by atoms with Gasteiger partial charge in [-0.1, -0.05) is 22.9 Å². The minimum Gasteiger partial charge on any atom is -0.382 e. The van der Waals surface area contributed by atoms with E-state index in [9.17, 15) is 22.8 Å². The van der Waals surface area contributed by atoms with Gasteiger partial charge in [0.15, 0.2) is 0 Å². The molecule has 0 aliphatic heterocycles. The van der Waals surface area contributed by atoms with Crippen molar-refractivity contribution in [3.63, 3.8) is 0 Å². The molecule has 0 bridgehead atoms. The van der Waals surface area contributed by atoms with Crippen LogP contribution in [0.25, 0.3) is 10.9 Å². The van der Waals surface area contributed by atoms with Crippen molar-refractivity contribution >= 4 is 33.9 Å². The Balaban J connectivity index is 1.44. The Bertz CT molecular complexity index is 1800. The number of nitrogens with one attached hydrogen (secondary N) is 2. The summed E-state index contributed by atoms with van der Waals surface area (Å²) < 4.78 is 72.4. The molecule has 2 N–H and O–H groups in total. The van der Waals surface area contributed by atoms with Gasteiger partial charge in [0.05, 0.1) is 32.7 Å². The van der Waals surface area contributed by atoms with Gasteiger partial charge in [-0.25, -0.2) is 9.67 Å². The summed E-state index contributed by atoms with van der Waals surface area (Å²) in [5, 5.41) is 24.6. The zero-order valence-corrected chi connectivity index (χ0v) is 24.8. The molecule has 1 atom stereocenters. The molecule has 0 radical (unpaired) electrons. The summed E-state index contributed by atoms with van der Waals surface area (Å²) in [5.41, 5.74) is -1.10. The molecule has 14 heteroatoms. The monoisotopic (exact) mass is 630 g/mol. The highest BCUT2D eigenvalue weighted by atomic mass is 35.5. The molecular formula is C30H28ClF5N8. The molecule has 8 nitrogen and oxygen atoms in total. The van der Waals surface area contributed by atoms with Crippen LogP contribution in [-0.2, 0) is 5.54 Å². The van der Waals surface area contributed by atoms with Crippen LogP contribution in [0.15, 0.2) is 30.5 Å². The van der Waals surface area contributed by atoms with E-state index in [-0.39, 0.29) is 44.1 Å². The number of nitriles is 1. The fourth-order valence-corrected chi connectivity index (χ4v) is 5.89. The molecule has 0 amide bonds. The Labute approximate surface area is 254 Å². The van der Waals surface area contributed by atoms with Crippen LogP contribution in [0.2, 0.25) is 5.02 Å². The van der Waals surface area contributed by atoms with Crippen LogP contribution in [0.3, 0.4) is 0 Å². The van der Waals surface area contributed by atoms with E-state index in [1.54, 1.807) is 13.0 Å². The lowest BCUT2D eigenvalue weighted by Crippen LogP contribution is -2.38. The minimum absolute atomic E-state index is 0.0163. The van der Waals surface area contributed by atoms with E-state index in [0.717, 1.165) is 45.6 Å². The molecule has 2 fully saturated rings. The maximum atomic E-state index is 16.1. The van der Waals surface area contributed by atoms with E-state index in [2.05, 4.69) is 30.9 Å². The van der Waals surface area contributed by atoms with Gasteiger partial charge in [0, 0.05) is 35.1 Å². The first-order chi connectivity index (χ1) is 20.8. The molecule has 0 unspecified atom stereocenters. The number of anilines is 2. The van der Waals surface area contributed by atoms with Crippen molar-refractivity contribution in [2.75, 3.05) is 17.2 Å². The SMILES string of the molecule is Cc1nc(F)ccc1[C@H](Nc1cc(Cl)c2ncc(C#N)c(NCC(C)(C)C(F)(F)F)c2c1)c1nnn(C2(C3CC3)CC2)c1F. The Morgan fingerprint density at radius 1 is 1.18 bits per heavy atom. The Morgan fingerprint density at radius 2 is 1.91 bits per heavy atom. The average molecular weight is 631 g/mol. The highest BCUT2D eigenvalue weighted by Crippen LogP contribution is 2.59. The minimum atomic E-state index is -4.51. The maximum absolute atomic E-state index is 16.1. The second-order valence-corrected chi connectivity index (χ2v) is 12.6. The first-order valence-corrected chi connectivity index (χ1v) is 14.5. The van der Waals surface area contributed by atoms with Gasteiger partial charge in [-0.2, -0.15) is 27.2 Å². The third-order valence-electron chi connectivity index (χ3n) is 8.67. The van der Waals surface area contributed by atoms with Crippen LogP contribution in [0.5, 0.6) is 0 Å². The lowest BCUT2D eigenvalue weighted by molar-refractivity contribution is -0.206. The highest BCUT2D eigenvalue weighted by molar-refractivity contribution is 6.35. The molecule has 2 saturated carbocycles. The Hall–Kier alpha value is -4.05. The average Bonchev–Trinajstić information content (AvgIpc) is 3.88. The van der Waals surface area contributed by atoms with E-state index in [0.29, 0.717) is 17.2 Å². The normalized spacial score (nSPS) is 16.9. The van der Waals surface area contributed by atoms with Crippen LogP contribution in [0.4, 0.5) is 33.3 Å². The number of alkyl halides is 3. The van der Waals surface area contributed by atoms with Gasteiger partial charge in [-0.3, -0.25) is 4.98 Å².